The van der Waals surface area contributed by atoms with E-state index < -0.39 is 33.6 Å². The van der Waals surface area contributed by atoms with Gasteiger partial charge in [0.15, 0.2) is 7.14 Å². The van der Waals surface area contributed by atoms with Gasteiger partial charge < -0.3 is 24.7 Å². The van der Waals surface area contributed by atoms with Crippen LogP contribution in [0.3, 0.4) is 0 Å². The monoisotopic (exact) mass is 1150 g/mol. The Morgan fingerprint density at radius 3 is 1.06 bits per heavy atom. The zero-order valence-electron chi connectivity index (χ0n) is 44.7. The zero-order valence-corrected chi connectivity index (χ0v) is 48.2. The fraction of sp³-hybridized carbons (Fsp3) is 0. The van der Waals surface area contributed by atoms with E-state index in [0.717, 1.165) is 82.0 Å². The second-order valence-electron chi connectivity index (χ2n) is 20.5. The van der Waals surface area contributed by atoms with E-state index >= 15 is 4.57 Å². The third-order valence-electron chi connectivity index (χ3n) is 15.9. The molecule has 1 aliphatic heterocycles. The Morgan fingerprint density at radius 2 is 0.639 bits per heavy atom. The molecule has 0 atom stereocenters. The van der Waals surface area contributed by atoms with E-state index in [9.17, 15) is 9.11 Å². The van der Waals surface area contributed by atoms with Gasteiger partial charge in [-0.05, 0) is 133 Å². The number of hydrogen-bond acceptors (Lipinski definition) is 3. The lowest BCUT2D eigenvalue weighted by Crippen LogP contribution is -2.24. The average Bonchev–Trinajstić information content (AvgIpc) is 4.30. The molecule has 15 rings (SSSR count). The van der Waals surface area contributed by atoms with Crippen LogP contribution in [0.1, 0.15) is 0 Å². The largest absolute Gasteiger partial charge is 0.412 e. The lowest BCUT2D eigenvalue weighted by Gasteiger charge is -2.29. The molecule has 404 valence electrons. The molecule has 0 fully saturated rings. The predicted molar refractivity (Wildman–Crippen MR) is 354 cm³/mol. The number of benzene rings is 12. The maximum absolute atomic E-state index is 16.1. The zero-order chi connectivity index (χ0) is 54.2. The second-order valence-corrected chi connectivity index (χ2v) is 29.7. The number of hydrogen-bond donors (Lipinski definition) is 2. The molecule has 0 saturated carbocycles. The van der Waals surface area contributed by atoms with Crippen LogP contribution < -0.4 is 47.7 Å². The summed E-state index contributed by atoms with van der Waals surface area (Å²) in [5, 5.41) is 14.2. The molecule has 14 aromatic rings. The summed E-state index contributed by atoms with van der Waals surface area (Å²) >= 11 is 0. The molecule has 1 aliphatic rings. The molecule has 6 N–H and O–H groups in total. The van der Waals surface area contributed by atoms with Gasteiger partial charge in [0.1, 0.15) is 0 Å². The predicted octanol–water partition coefficient (Wildman–Crippen LogP) is 13.5. The Labute approximate surface area is 485 Å². The SMILES string of the molecule is O.O.O=P(c1ccccc1)(c1ccccc1)c1ccc2c(c1)c1cc(P(c3ccccc3)c3ccccc3)ccc1n2-c1ccc2c(c1)-c1cc(-n3c4ccccc4c4cc(P(c5ccccc5)c5ccccc5)ccc43)ccc1S2(O)O. The van der Waals surface area contributed by atoms with Gasteiger partial charge in [-0.3, -0.25) is 9.11 Å². The van der Waals surface area contributed by atoms with Crippen molar-refractivity contribution in [1.82, 2.24) is 9.13 Å². The van der Waals surface area contributed by atoms with E-state index in [0.29, 0.717) is 9.79 Å². The highest BCUT2D eigenvalue weighted by Gasteiger charge is 2.36. The molecule has 0 aliphatic carbocycles. The fourth-order valence-corrected chi connectivity index (χ4v) is 21.3. The molecule has 12 aromatic carbocycles. The molecule has 83 heavy (non-hydrogen) atoms. The lowest BCUT2D eigenvalue weighted by atomic mass is 10.0. The minimum absolute atomic E-state index is 0. The maximum Gasteiger partial charge on any atom is 0.171 e. The smallest absolute Gasteiger partial charge is 0.171 e. The average molecular weight is 1150 g/mol. The molecule has 0 unspecified atom stereocenters. The molecule has 2 aromatic heterocycles. The highest BCUT2D eigenvalue weighted by Crippen LogP contribution is 2.67. The van der Waals surface area contributed by atoms with E-state index in [1.165, 1.54) is 31.8 Å². The van der Waals surface area contributed by atoms with Crippen molar-refractivity contribution in [2.75, 3.05) is 0 Å². The summed E-state index contributed by atoms with van der Waals surface area (Å²) in [6, 6.07) is 104. The van der Waals surface area contributed by atoms with Crippen molar-refractivity contribution < 1.29 is 24.6 Å². The topological polar surface area (TPSA) is 130 Å². The van der Waals surface area contributed by atoms with Crippen LogP contribution in [0.5, 0.6) is 0 Å². The minimum atomic E-state index is -3.36. The van der Waals surface area contributed by atoms with E-state index in [2.05, 4.69) is 215 Å². The molecule has 0 radical (unpaired) electrons. The second kappa shape index (κ2) is 21.7. The third-order valence-corrected chi connectivity index (χ3v) is 25.8. The van der Waals surface area contributed by atoms with Gasteiger partial charge in [-0.2, -0.15) is 0 Å². The molecule has 0 bridgehead atoms. The highest BCUT2D eigenvalue weighted by atomic mass is 32.3. The number of aromatic nitrogens is 2. The summed E-state index contributed by atoms with van der Waals surface area (Å²) in [5.41, 5.74) is 7.47. The van der Waals surface area contributed by atoms with Crippen LogP contribution >= 0.6 is 33.6 Å². The van der Waals surface area contributed by atoms with Gasteiger partial charge in [-0.1, -0.05) is 212 Å². The standard InChI is InChI=1S/C72H51N2O3P3S.2H2O/c75-80(58-29-15-5-16-30-58,59-31-17-6-18-32-59)60-39-42-70-64(49-60)63-48-57(79(54-25-11-3-12-26-54)55-27-13-4-14-28-55)38-41-69(63)74(70)51-36-44-72-66(46-51)65-45-50(35-43-71(65)81(72,76)77)73-67-34-20-19-33-61(67)62-47-56(37-40-68(62)73)78(52-21-7-1-8-22-52)53-23-9-2-10-24-53;;/h1-49,76-77H;2*1H2. The van der Waals surface area contributed by atoms with Crippen molar-refractivity contribution in [2.45, 2.75) is 9.79 Å². The van der Waals surface area contributed by atoms with Crippen LogP contribution in [0.4, 0.5) is 0 Å². The maximum atomic E-state index is 16.1. The first kappa shape index (κ1) is 53.8. The summed E-state index contributed by atoms with van der Waals surface area (Å²) in [6.45, 7) is 0. The van der Waals surface area contributed by atoms with Gasteiger partial charge in [0.05, 0.1) is 31.9 Å². The van der Waals surface area contributed by atoms with Crippen LogP contribution in [0.15, 0.2) is 307 Å². The molecule has 11 heteroatoms. The first-order valence-electron chi connectivity index (χ1n) is 27.0. The van der Waals surface area contributed by atoms with Crippen LogP contribution in [0, 0.1) is 0 Å². The summed E-state index contributed by atoms with van der Waals surface area (Å²) in [4.78, 5) is 1.02. The van der Waals surface area contributed by atoms with Crippen molar-refractivity contribution in [2.24, 2.45) is 0 Å². The van der Waals surface area contributed by atoms with Crippen LogP contribution in [0.25, 0.3) is 66.1 Å². The van der Waals surface area contributed by atoms with Gasteiger partial charge in [0, 0.05) is 60.0 Å². The fourth-order valence-electron chi connectivity index (χ4n) is 12.3. The van der Waals surface area contributed by atoms with Crippen LogP contribution in [-0.2, 0) is 4.57 Å². The van der Waals surface area contributed by atoms with Crippen molar-refractivity contribution in [3.8, 4) is 22.5 Å². The molecule has 0 saturated heterocycles. The van der Waals surface area contributed by atoms with Crippen LogP contribution in [-0.4, -0.2) is 29.2 Å². The molecule has 3 heterocycles. The number of nitrogens with zero attached hydrogens (tertiary/aromatic N) is 2. The highest BCUT2D eigenvalue weighted by molar-refractivity contribution is 8.24. The number of rotatable bonds is 11. The normalized spacial score (nSPS) is 13.0. The summed E-state index contributed by atoms with van der Waals surface area (Å²) in [5.74, 6) is 0. The van der Waals surface area contributed by atoms with Crippen molar-refractivity contribution in [3.63, 3.8) is 0 Å². The Balaban J connectivity index is 0.00000322. The van der Waals surface area contributed by atoms with Gasteiger partial charge in [-0.15, -0.1) is 10.6 Å². The first-order valence-corrected chi connectivity index (χ1v) is 33.0. The number of para-hydroxylation sites is 1. The Kier molecular flexibility index (Phi) is 14.1. The van der Waals surface area contributed by atoms with Gasteiger partial charge in [0.25, 0.3) is 0 Å². The van der Waals surface area contributed by atoms with Crippen LogP contribution in [0.2, 0.25) is 0 Å². The summed E-state index contributed by atoms with van der Waals surface area (Å²) in [7, 11) is -8.50. The van der Waals surface area contributed by atoms with Gasteiger partial charge in [-0.25, -0.2) is 0 Å². The minimum Gasteiger partial charge on any atom is -0.412 e. The lowest BCUT2D eigenvalue weighted by molar-refractivity contribution is 0.490. The Hall–Kier alpha value is -8.48. The summed E-state index contributed by atoms with van der Waals surface area (Å²) in [6.07, 6.45) is 0. The third kappa shape index (κ3) is 8.90. The Bertz CT molecular complexity index is 4650. The molecular formula is C72H55N2O5P3S. The van der Waals surface area contributed by atoms with Crippen molar-refractivity contribution >= 4 is 125 Å². The van der Waals surface area contributed by atoms with Gasteiger partial charge >= 0.3 is 0 Å². The number of fused-ring (bicyclic) bond motifs is 9. The van der Waals surface area contributed by atoms with E-state index in [1.54, 1.807) is 0 Å². The quantitative estimate of drug-likeness (QED) is 0.125. The molecule has 7 nitrogen and oxygen atoms in total. The summed E-state index contributed by atoms with van der Waals surface area (Å²) < 4.78 is 45.2. The Morgan fingerprint density at radius 1 is 0.301 bits per heavy atom. The molecule has 0 spiro atoms. The molecular weight excluding hydrogens is 1100 g/mol. The van der Waals surface area contributed by atoms with E-state index in [4.69, 9.17) is 0 Å². The molecule has 0 amide bonds. The van der Waals surface area contributed by atoms with E-state index in [1.807, 2.05) is 91.0 Å². The van der Waals surface area contributed by atoms with Gasteiger partial charge in [0.2, 0.25) is 0 Å². The first-order chi connectivity index (χ1) is 39.8. The van der Waals surface area contributed by atoms with E-state index in [-0.39, 0.29) is 11.0 Å². The van der Waals surface area contributed by atoms with Crippen molar-refractivity contribution in [1.29, 1.82) is 0 Å². The van der Waals surface area contributed by atoms with Crippen molar-refractivity contribution in [3.05, 3.63) is 297 Å².